The standard InChI is InChI=1S/C28H36FN3O5/c29-25-19-30(11-13-33)10-8-26(25)37-23-5-6-24-27(15-23)36-14-12-32(28(24)35)18-22(34)17-31-9-7-20-3-1-2-4-21(20)16-31/h1-6,15,22,25-26,33-34H,7-14,16-19H2/t22-,25-,26-/m1/s1. The molecule has 8 nitrogen and oxygen atoms in total. The van der Waals surface area contributed by atoms with Crippen molar-refractivity contribution in [1.82, 2.24) is 14.7 Å². The minimum Gasteiger partial charge on any atom is -0.491 e. The van der Waals surface area contributed by atoms with E-state index in [1.165, 1.54) is 11.1 Å². The number of aliphatic hydroxyl groups excluding tert-OH is 2. The topological polar surface area (TPSA) is 85.7 Å². The van der Waals surface area contributed by atoms with Gasteiger partial charge in [-0.2, -0.15) is 0 Å². The van der Waals surface area contributed by atoms with Crippen LogP contribution in [0.5, 0.6) is 11.5 Å². The molecular formula is C28H36FN3O5. The minimum absolute atomic E-state index is 0.00919. The number of hydrogen-bond acceptors (Lipinski definition) is 7. The van der Waals surface area contributed by atoms with Crippen molar-refractivity contribution >= 4 is 5.91 Å². The summed E-state index contributed by atoms with van der Waals surface area (Å²) in [5, 5.41) is 19.9. The van der Waals surface area contributed by atoms with E-state index < -0.39 is 18.4 Å². The van der Waals surface area contributed by atoms with Crippen LogP contribution in [0.1, 0.15) is 27.9 Å². The molecule has 0 radical (unpaired) electrons. The molecule has 0 aliphatic carbocycles. The predicted molar refractivity (Wildman–Crippen MR) is 137 cm³/mol. The average molecular weight is 514 g/mol. The zero-order chi connectivity index (χ0) is 25.8. The lowest BCUT2D eigenvalue weighted by Crippen LogP contribution is -2.47. The van der Waals surface area contributed by atoms with Gasteiger partial charge in [0.15, 0.2) is 0 Å². The van der Waals surface area contributed by atoms with Crippen LogP contribution in [0.3, 0.4) is 0 Å². The van der Waals surface area contributed by atoms with Crippen LogP contribution in [0, 0.1) is 0 Å². The first-order valence-electron chi connectivity index (χ1n) is 13.2. The number of rotatable bonds is 8. The number of ether oxygens (including phenoxy) is 2. The van der Waals surface area contributed by atoms with Crippen LogP contribution in [0.2, 0.25) is 0 Å². The fraction of sp³-hybridized carbons (Fsp3) is 0.536. The summed E-state index contributed by atoms with van der Waals surface area (Å²) < 4.78 is 26.4. The number of carbonyl (C=O) groups excluding carboxylic acids is 1. The number of piperidine rings is 1. The Hall–Kier alpha value is -2.72. The highest BCUT2D eigenvalue weighted by atomic mass is 19.1. The van der Waals surface area contributed by atoms with E-state index in [9.17, 15) is 14.3 Å². The molecule has 0 saturated carbocycles. The largest absolute Gasteiger partial charge is 0.491 e. The molecule has 0 bridgehead atoms. The molecule has 0 spiro atoms. The first-order chi connectivity index (χ1) is 18.0. The average Bonchev–Trinajstić information content (AvgIpc) is 3.04. The molecule has 3 atom stereocenters. The Morgan fingerprint density at radius 2 is 1.92 bits per heavy atom. The SMILES string of the molecule is O=C1c2ccc(O[C@@H]3CCN(CCO)C[C@H]3F)cc2OCCN1C[C@H](O)CN1CCc2ccccc2C1. The van der Waals surface area contributed by atoms with Crippen molar-refractivity contribution in [3.63, 3.8) is 0 Å². The zero-order valence-electron chi connectivity index (χ0n) is 21.1. The molecule has 37 heavy (non-hydrogen) atoms. The highest BCUT2D eigenvalue weighted by Gasteiger charge is 2.32. The quantitative estimate of drug-likeness (QED) is 0.556. The number of hydrogen-bond donors (Lipinski definition) is 2. The number of carbonyl (C=O) groups is 1. The summed E-state index contributed by atoms with van der Waals surface area (Å²) in [7, 11) is 0. The summed E-state index contributed by atoms with van der Waals surface area (Å²) in [5.74, 6) is 0.691. The lowest BCUT2D eigenvalue weighted by molar-refractivity contribution is 0.0166. The number of halogens is 1. The molecule has 3 heterocycles. The van der Waals surface area contributed by atoms with Gasteiger partial charge in [0.1, 0.15) is 30.4 Å². The predicted octanol–water partition coefficient (Wildman–Crippen LogP) is 1.72. The number of likely N-dealkylation sites (tertiary alicyclic amines) is 1. The summed E-state index contributed by atoms with van der Waals surface area (Å²) in [4.78, 5) is 19.0. The van der Waals surface area contributed by atoms with E-state index in [1.807, 2.05) is 11.0 Å². The molecule has 200 valence electrons. The second-order valence-corrected chi connectivity index (χ2v) is 10.2. The second kappa shape index (κ2) is 11.8. The van der Waals surface area contributed by atoms with Crippen LogP contribution in [0.4, 0.5) is 4.39 Å². The maximum absolute atomic E-state index is 14.6. The summed E-state index contributed by atoms with van der Waals surface area (Å²) in [5.41, 5.74) is 3.07. The summed E-state index contributed by atoms with van der Waals surface area (Å²) in [6, 6.07) is 13.4. The van der Waals surface area contributed by atoms with Gasteiger partial charge in [-0.05, 0) is 36.1 Å². The third kappa shape index (κ3) is 6.23. The van der Waals surface area contributed by atoms with E-state index in [1.54, 1.807) is 23.1 Å². The summed E-state index contributed by atoms with van der Waals surface area (Å²) in [6.07, 6.45) is -0.930. The first kappa shape index (κ1) is 25.9. The first-order valence-corrected chi connectivity index (χ1v) is 13.2. The smallest absolute Gasteiger partial charge is 0.257 e. The number of fused-ring (bicyclic) bond motifs is 2. The van der Waals surface area contributed by atoms with E-state index in [4.69, 9.17) is 14.6 Å². The van der Waals surface area contributed by atoms with Crippen molar-refractivity contribution < 1.29 is 28.9 Å². The monoisotopic (exact) mass is 513 g/mol. The summed E-state index contributed by atoms with van der Waals surface area (Å²) in [6.45, 7) is 4.45. The Morgan fingerprint density at radius 3 is 2.73 bits per heavy atom. The van der Waals surface area contributed by atoms with Gasteiger partial charge in [-0.3, -0.25) is 14.6 Å². The van der Waals surface area contributed by atoms with Crippen molar-refractivity contribution in [3.8, 4) is 11.5 Å². The van der Waals surface area contributed by atoms with Crippen LogP contribution in [0.15, 0.2) is 42.5 Å². The molecular weight excluding hydrogens is 477 g/mol. The second-order valence-electron chi connectivity index (χ2n) is 10.2. The van der Waals surface area contributed by atoms with Crippen LogP contribution in [-0.4, -0.2) is 108 Å². The van der Waals surface area contributed by atoms with Gasteiger partial charge in [0.05, 0.1) is 24.8 Å². The summed E-state index contributed by atoms with van der Waals surface area (Å²) >= 11 is 0. The van der Waals surface area contributed by atoms with E-state index in [2.05, 4.69) is 23.1 Å². The Balaban J connectivity index is 1.17. The third-order valence-corrected chi connectivity index (χ3v) is 7.47. The number of benzene rings is 2. The lowest BCUT2D eigenvalue weighted by Gasteiger charge is -2.34. The lowest BCUT2D eigenvalue weighted by atomic mass is 10.00. The van der Waals surface area contributed by atoms with Gasteiger partial charge in [-0.15, -0.1) is 0 Å². The fourth-order valence-electron chi connectivity index (χ4n) is 5.50. The van der Waals surface area contributed by atoms with Crippen molar-refractivity contribution in [2.45, 2.75) is 37.8 Å². The molecule has 0 unspecified atom stereocenters. The van der Waals surface area contributed by atoms with E-state index in [0.29, 0.717) is 56.3 Å². The van der Waals surface area contributed by atoms with Crippen LogP contribution in [0.25, 0.3) is 0 Å². The Labute approximate surface area is 217 Å². The van der Waals surface area contributed by atoms with Gasteiger partial charge in [0.2, 0.25) is 0 Å². The van der Waals surface area contributed by atoms with Crippen LogP contribution < -0.4 is 9.47 Å². The van der Waals surface area contributed by atoms with E-state index >= 15 is 0 Å². The van der Waals surface area contributed by atoms with Crippen molar-refractivity contribution in [3.05, 3.63) is 59.2 Å². The van der Waals surface area contributed by atoms with E-state index in [-0.39, 0.29) is 25.6 Å². The molecule has 5 rings (SSSR count). The van der Waals surface area contributed by atoms with E-state index in [0.717, 1.165) is 19.5 Å². The minimum atomic E-state index is -1.16. The highest BCUT2D eigenvalue weighted by molar-refractivity contribution is 5.97. The number of alkyl halides is 1. The molecule has 3 aliphatic rings. The van der Waals surface area contributed by atoms with Gasteiger partial charge < -0.3 is 24.6 Å². The molecule has 2 N–H and O–H groups in total. The van der Waals surface area contributed by atoms with Crippen molar-refractivity contribution in [1.29, 1.82) is 0 Å². The maximum Gasteiger partial charge on any atom is 0.257 e. The van der Waals surface area contributed by atoms with Gasteiger partial charge in [-0.1, -0.05) is 24.3 Å². The van der Waals surface area contributed by atoms with Crippen LogP contribution >= 0.6 is 0 Å². The third-order valence-electron chi connectivity index (χ3n) is 7.47. The molecule has 1 amide bonds. The Bertz CT molecular complexity index is 1090. The molecule has 0 aromatic heterocycles. The highest BCUT2D eigenvalue weighted by Crippen LogP contribution is 2.30. The zero-order valence-corrected chi connectivity index (χ0v) is 21.1. The Morgan fingerprint density at radius 1 is 1.08 bits per heavy atom. The van der Waals surface area contributed by atoms with Crippen molar-refractivity contribution in [2.24, 2.45) is 0 Å². The normalized spacial score (nSPS) is 23.5. The number of amides is 1. The number of nitrogens with zero attached hydrogens (tertiary/aromatic N) is 3. The number of aliphatic hydroxyl groups is 2. The molecule has 3 aliphatic heterocycles. The maximum atomic E-state index is 14.6. The van der Waals surface area contributed by atoms with Gasteiger partial charge in [0.25, 0.3) is 5.91 Å². The number of β-amino-alcohol motifs (C(OH)–C–C–N with tert-alkyl or cyclic N) is 2. The fourth-order valence-corrected chi connectivity index (χ4v) is 5.50. The molecule has 1 saturated heterocycles. The van der Waals surface area contributed by atoms with Gasteiger partial charge in [-0.25, -0.2) is 4.39 Å². The van der Waals surface area contributed by atoms with Crippen molar-refractivity contribution in [2.75, 3.05) is 59.0 Å². The molecule has 2 aromatic rings. The van der Waals surface area contributed by atoms with Crippen LogP contribution in [-0.2, 0) is 13.0 Å². The van der Waals surface area contributed by atoms with Gasteiger partial charge in [0, 0.05) is 51.9 Å². The molecule has 1 fully saturated rings. The molecule has 9 heteroatoms. The molecule has 2 aromatic carbocycles. The Kier molecular flexibility index (Phi) is 8.24. The van der Waals surface area contributed by atoms with Gasteiger partial charge >= 0.3 is 0 Å².